The fourth-order valence-corrected chi connectivity index (χ4v) is 18.8. The van der Waals surface area contributed by atoms with Crippen molar-refractivity contribution in [3.63, 3.8) is 0 Å². The minimum atomic E-state index is -0.964. The van der Waals surface area contributed by atoms with Gasteiger partial charge in [-0.2, -0.15) is 0 Å². The lowest BCUT2D eigenvalue weighted by molar-refractivity contribution is -0.278. The van der Waals surface area contributed by atoms with Gasteiger partial charge >= 0.3 is 11.9 Å². The van der Waals surface area contributed by atoms with E-state index in [9.17, 15) is 4.79 Å². The van der Waals surface area contributed by atoms with E-state index < -0.39 is 16.4 Å². The Balaban J connectivity index is 1.07. The number of aryl methyl sites for hydroxylation is 2. The van der Waals surface area contributed by atoms with Crippen molar-refractivity contribution in [2.24, 2.45) is 63.9 Å². The number of piperidine rings is 3. The van der Waals surface area contributed by atoms with Crippen LogP contribution in [0.25, 0.3) is 0 Å². The van der Waals surface area contributed by atoms with Gasteiger partial charge in [0.05, 0.1) is 11.0 Å². The van der Waals surface area contributed by atoms with Gasteiger partial charge in [-0.05, 0) is 168 Å². The van der Waals surface area contributed by atoms with E-state index >= 15 is 4.79 Å². The summed E-state index contributed by atoms with van der Waals surface area (Å²) in [5.74, 6) is 3.96. The third kappa shape index (κ3) is 4.38. The molecule has 2 aromatic rings. The zero-order valence-corrected chi connectivity index (χ0v) is 37.0. The highest BCUT2D eigenvalue weighted by atomic mass is 16.6. The maximum absolute atomic E-state index is 16.1. The molecule has 13 aliphatic rings. The third-order valence-electron chi connectivity index (χ3n) is 20.7. The Morgan fingerprint density at radius 1 is 0.871 bits per heavy atom. The van der Waals surface area contributed by atoms with Crippen LogP contribution < -0.4 is 5.73 Å². The summed E-state index contributed by atoms with van der Waals surface area (Å²) in [6.45, 7) is 8.04. The summed E-state index contributed by atoms with van der Waals surface area (Å²) in [6.07, 6.45) is 19.0. The predicted molar refractivity (Wildman–Crippen MR) is 237 cm³/mol. The largest absolute Gasteiger partial charge is 0.449 e. The van der Waals surface area contributed by atoms with Gasteiger partial charge in [0.15, 0.2) is 5.60 Å². The Labute approximate surface area is 367 Å². The minimum absolute atomic E-state index is 0.0296. The highest BCUT2D eigenvalue weighted by molar-refractivity contribution is 6.00. The summed E-state index contributed by atoms with van der Waals surface area (Å²) in [5.41, 5.74) is 15.7. The van der Waals surface area contributed by atoms with Crippen molar-refractivity contribution in [3.8, 4) is 0 Å². The van der Waals surface area contributed by atoms with Crippen LogP contribution in [0.15, 0.2) is 76.7 Å². The molecule has 324 valence electrons. The zero-order chi connectivity index (χ0) is 41.4. The number of esters is 2. The average Bonchev–Trinajstić information content (AvgIpc) is 3.71. The van der Waals surface area contributed by atoms with Gasteiger partial charge in [-0.1, -0.05) is 72.5 Å². The molecule has 1 unspecified atom stereocenters. The van der Waals surface area contributed by atoms with E-state index in [-0.39, 0.29) is 23.8 Å². The molecule has 0 radical (unpaired) electrons. The maximum atomic E-state index is 16.1. The molecule has 14 bridgehead atoms. The number of allylic oxidation sites excluding steroid dienone is 2. The first-order valence-electron chi connectivity index (χ1n) is 25.3. The molecule has 8 aliphatic heterocycles. The molecule has 5 aliphatic carbocycles. The van der Waals surface area contributed by atoms with E-state index in [2.05, 4.69) is 72.2 Å². The molecule has 7 heteroatoms. The monoisotopic (exact) mass is 831 g/mol. The van der Waals surface area contributed by atoms with Crippen LogP contribution in [-0.4, -0.2) is 59.5 Å². The molecule has 5 fully saturated rings. The highest BCUT2D eigenvalue weighted by Gasteiger charge is 2.93. The van der Waals surface area contributed by atoms with Crippen LogP contribution in [0.4, 0.5) is 0 Å². The van der Waals surface area contributed by atoms with Gasteiger partial charge in [-0.25, -0.2) is 4.79 Å². The number of fused-ring (bicyclic) bond motifs is 8. The Morgan fingerprint density at radius 2 is 1.74 bits per heavy atom. The topological polar surface area (TPSA) is 85.1 Å². The van der Waals surface area contributed by atoms with E-state index in [0.717, 1.165) is 93.1 Å². The molecule has 15 atom stereocenters. The molecule has 0 aromatic heterocycles. The molecular formula is C55H65N3O4. The van der Waals surface area contributed by atoms with E-state index in [1.165, 1.54) is 61.9 Å². The second-order valence-electron chi connectivity index (χ2n) is 22.8. The van der Waals surface area contributed by atoms with Gasteiger partial charge in [0, 0.05) is 54.3 Å². The lowest BCUT2D eigenvalue weighted by atomic mass is 9.28. The van der Waals surface area contributed by atoms with Crippen molar-refractivity contribution in [2.75, 3.05) is 19.6 Å². The van der Waals surface area contributed by atoms with Crippen LogP contribution in [0.1, 0.15) is 130 Å². The predicted octanol–water partition coefficient (Wildman–Crippen LogP) is 9.19. The van der Waals surface area contributed by atoms with Crippen molar-refractivity contribution in [1.82, 2.24) is 9.80 Å². The summed E-state index contributed by atoms with van der Waals surface area (Å²) in [7, 11) is 0. The summed E-state index contributed by atoms with van der Waals surface area (Å²) < 4.78 is 14.5. The number of hydrogen-bond donors (Lipinski definition) is 1. The fourth-order valence-electron chi connectivity index (χ4n) is 18.8. The Kier molecular flexibility index (Phi) is 7.89. The molecule has 62 heavy (non-hydrogen) atoms. The molecule has 0 amide bonds. The number of carbonyl (C=O) groups is 2. The summed E-state index contributed by atoms with van der Waals surface area (Å²) in [4.78, 5) is 37.0. The molecule has 2 N–H and O–H groups in total. The quantitative estimate of drug-likeness (QED) is 0.244. The Hall–Kier alpha value is -3.68. The van der Waals surface area contributed by atoms with Crippen LogP contribution in [0.3, 0.4) is 0 Å². The average molecular weight is 832 g/mol. The molecule has 3 spiro atoms. The standard InChI is InChI=1S/C55H65N3O4/c1-30-22-36-16-18-44-38-25-39-29-58(44)50(36)49-40-19-20-53-46(27-35-15-17-43(39)57(28-38)31(35)2)61-52(60)54(53)42(40)26-37(47(30)49)24-33-10-5-9-32(23-33)8-3-4-14-45(54)55(53)41-13-6-11-34(12-7-21-56)48(41)51(59)62-55/h5-6,9-11,13,23,27,30-31,35,37-39,43-45,47,49H,3-4,7-8,12,14-22,24-26,28-29,56H2,1-2H3/b46-27+/t30-,31-,35-,37+,38-,39-,43-,44-,45-,47-,49-,53+,54-,55+/m0/s1. The molecule has 2 aromatic carbocycles. The first-order chi connectivity index (χ1) is 30.3. The van der Waals surface area contributed by atoms with Crippen LogP contribution >= 0.6 is 0 Å². The fraction of sp³-hybridized carbons (Fsp3) is 0.636. The lowest BCUT2D eigenvalue weighted by Gasteiger charge is -2.72. The number of benzene rings is 2. The number of nitrogens with two attached hydrogens (primary N) is 1. The SMILES string of the molecule is C[C@H]1CC2=C3[C@H]4C5=C6C[C@@H](Cc7cccc(c7)CCCC[C@H]7[C@]68C(=O)O/C(=C/[C@@H]6CC[C@H]9[C@H]%10C[C@@H](CN9[C@H]6C)[C@H](CC2)N3C%10)[C@@]8(CC5)[C@]72OC(=O)c3c(CCCN)cccc32)[C@@H]41. The Bertz CT molecular complexity index is 2430. The second-order valence-corrected chi connectivity index (χ2v) is 22.8. The first kappa shape index (κ1) is 37.7. The Morgan fingerprint density at radius 3 is 2.65 bits per heavy atom. The van der Waals surface area contributed by atoms with E-state index in [1.807, 2.05) is 0 Å². The number of ether oxygens (including phenoxy) is 2. The van der Waals surface area contributed by atoms with Gasteiger partial charge in [-0.3, -0.25) is 9.69 Å². The number of rotatable bonds is 3. The van der Waals surface area contributed by atoms with Crippen LogP contribution in [0, 0.1) is 58.2 Å². The summed E-state index contributed by atoms with van der Waals surface area (Å²) in [6, 6.07) is 17.6. The van der Waals surface area contributed by atoms with Gasteiger partial charge in [0.2, 0.25) is 0 Å². The number of carbonyl (C=O) groups excluding carboxylic acids is 2. The maximum Gasteiger partial charge on any atom is 0.339 e. The zero-order valence-electron chi connectivity index (χ0n) is 37.0. The van der Waals surface area contributed by atoms with Gasteiger partial charge in [0.1, 0.15) is 11.2 Å². The van der Waals surface area contributed by atoms with Crippen LogP contribution in [0.2, 0.25) is 0 Å². The second kappa shape index (κ2) is 13.0. The van der Waals surface area contributed by atoms with E-state index in [0.29, 0.717) is 60.2 Å². The van der Waals surface area contributed by atoms with Crippen molar-refractivity contribution in [2.45, 2.75) is 140 Å². The van der Waals surface area contributed by atoms with E-state index in [4.69, 9.17) is 15.2 Å². The van der Waals surface area contributed by atoms with Gasteiger partial charge in [-0.15, -0.1) is 0 Å². The molecular weight excluding hydrogens is 767 g/mol. The number of nitrogens with zero attached hydrogens (tertiary/aromatic N) is 2. The van der Waals surface area contributed by atoms with Crippen LogP contribution in [-0.2, 0) is 39.1 Å². The number of hydrogen-bond acceptors (Lipinski definition) is 7. The van der Waals surface area contributed by atoms with Crippen molar-refractivity contribution in [1.29, 1.82) is 0 Å². The lowest BCUT2D eigenvalue weighted by Crippen LogP contribution is -2.77. The first-order valence-corrected chi connectivity index (χ1v) is 25.3. The smallest absolute Gasteiger partial charge is 0.339 e. The van der Waals surface area contributed by atoms with Gasteiger partial charge in [0.25, 0.3) is 0 Å². The normalized spacial score (nSPS) is 45.8. The van der Waals surface area contributed by atoms with Crippen molar-refractivity contribution < 1.29 is 19.1 Å². The summed E-state index contributed by atoms with van der Waals surface area (Å²) in [5, 5.41) is 0. The summed E-state index contributed by atoms with van der Waals surface area (Å²) >= 11 is 0. The molecule has 1 saturated carbocycles. The molecule has 15 rings (SSSR count). The third-order valence-corrected chi connectivity index (χ3v) is 20.7. The molecule has 7 nitrogen and oxygen atoms in total. The van der Waals surface area contributed by atoms with Crippen molar-refractivity contribution >= 4 is 11.9 Å². The van der Waals surface area contributed by atoms with Crippen LogP contribution in [0.5, 0.6) is 0 Å². The minimum Gasteiger partial charge on any atom is -0.449 e. The van der Waals surface area contributed by atoms with Crippen molar-refractivity contribution in [3.05, 3.63) is 105 Å². The molecule has 4 saturated heterocycles. The van der Waals surface area contributed by atoms with Gasteiger partial charge < -0.3 is 20.1 Å². The molecule has 8 heterocycles. The van der Waals surface area contributed by atoms with E-state index in [1.54, 1.807) is 16.8 Å². The highest BCUT2D eigenvalue weighted by Crippen LogP contribution is 2.87.